The molecule has 0 radical (unpaired) electrons. The van der Waals surface area contributed by atoms with Crippen LogP contribution >= 0.6 is 0 Å². The van der Waals surface area contributed by atoms with Crippen molar-refractivity contribution in [1.82, 2.24) is 0 Å². The van der Waals surface area contributed by atoms with Gasteiger partial charge in [0.05, 0.1) is 6.10 Å². The first-order valence-corrected chi connectivity index (χ1v) is 6.43. The number of hydrogen-bond donors (Lipinski definition) is 2. The summed E-state index contributed by atoms with van der Waals surface area (Å²) in [4.78, 5) is 2.40. The molecule has 3 heteroatoms. The second-order valence-corrected chi connectivity index (χ2v) is 5.11. The van der Waals surface area contributed by atoms with Gasteiger partial charge in [0, 0.05) is 24.5 Å². The van der Waals surface area contributed by atoms with Crippen molar-refractivity contribution in [2.75, 3.05) is 23.7 Å². The minimum atomic E-state index is -0.164. The molecule has 1 atom stereocenters. The number of rotatable bonds is 3. The summed E-state index contributed by atoms with van der Waals surface area (Å²) in [5.74, 6) is 0.681. The van der Waals surface area contributed by atoms with E-state index in [0.29, 0.717) is 5.92 Å². The van der Waals surface area contributed by atoms with E-state index in [1.807, 2.05) is 19.1 Å². The molecule has 1 saturated heterocycles. The van der Waals surface area contributed by atoms with Crippen molar-refractivity contribution in [1.29, 1.82) is 0 Å². The average Bonchev–Trinajstić information content (AvgIpc) is 2.30. The van der Waals surface area contributed by atoms with Crippen LogP contribution in [0, 0.1) is 5.92 Å². The molecule has 17 heavy (non-hydrogen) atoms. The van der Waals surface area contributed by atoms with E-state index in [2.05, 4.69) is 17.0 Å². The molecule has 94 valence electrons. The van der Waals surface area contributed by atoms with Crippen molar-refractivity contribution in [3.05, 3.63) is 24.3 Å². The van der Waals surface area contributed by atoms with Crippen molar-refractivity contribution >= 4 is 11.4 Å². The Kier molecular flexibility index (Phi) is 3.89. The third kappa shape index (κ3) is 3.37. The van der Waals surface area contributed by atoms with Gasteiger partial charge in [-0.3, -0.25) is 0 Å². The van der Waals surface area contributed by atoms with E-state index in [4.69, 9.17) is 5.73 Å². The summed E-state index contributed by atoms with van der Waals surface area (Å²) in [7, 11) is 0. The van der Waals surface area contributed by atoms with Gasteiger partial charge in [-0.15, -0.1) is 0 Å². The molecule has 1 aliphatic rings. The molecule has 0 saturated carbocycles. The fraction of sp³-hybridized carbons (Fsp3) is 0.571. The largest absolute Gasteiger partial charge is 0.399 e. The molecule has 0 spiro atoms. The van der Waals surface area contributed by atoms with Crippen LogP contribution in [0.3, 0.4) is 0 Å². The maximum Gasteiger partial charge on any atom is 0.0514 e. The summed E-state index contributed by atoms with van der Waals surface area (Å²) < 4.78 is 0. The van der Waals surface area contributed by atoms with E-state index < -0.39 is 0 Å². The highest BCUT2D eigenvalue weighted by Crippen LogP contribution is 2.26. The van der Waals surface area contributed by atoms with Gasteiger partial charge >= 0.3 is 0 Å². The van der Waals surface area contributed by atoms with Crippen LogP contribution in [0.15, 0.2) is 24.3 Å². The zero-order valence-corrected chi connectivity index (χ0v) is 10.5. The number of aliphatic hydroxyl groups excluding tert-OH is 1. The first-order valence-electron chi connectivity index (χ1n) is 6.43. The third-order valence-corrected chi connectivity index (χ3v) is 3.55. The molecule has 3 nitrogen and oxygen atoms in total. The van der Waals surface area contributed by atoms with Gasteiger partial charge < -0.3 is 15.7 Å². The molecule has 2 rings (SSSR count). The van der Waals surface area contributed by atoms with E-state index in [-0.39, 0.29) is 6.10 Å². The Labute approximate surface area is 103 Å². The maximum atomic E-state index is 9.39. The van der Waals surface area contributed by atoms with Crippen LogP contribution in [-0.4, -0.2) is 24.3 Å². The van der Waals surface area contributed by atoms with E-state index in [1.165, 1.54) is 18.5 Å². The standard InChI is InChI=1S/C14H22N2O/c1-11(17)10-12-6-8-16(9-7-12)14-4-2-13(15)3-5-14/h2-5,11-12,17H,6-10,15H2,1H3. The molecule has 3 N–H and O–H groups in total. The lowest BCUT2D eigenvalue weighted by Gasteiger charge is -2.34. The smallest absolute Gasteiger partial charge is 0.0514 e. The predicted molar refractivity (Wildman–Crippen MR) is 72.1 cm³/mol. The monoisotopic (exact) mass is 234 g/mol. The normalized spacial score (nSPS) is 19.3. The molecule has 0 aromatic heterocycles. The summed E-state index contributed by atoms with van der Waals surface area (Å²) in [5.41, 5.74) is 7.76. The van der Waals surface area contributed by atoms with E-state index in [1.54, 1.807) is 0 Å². The lowest BCUT2D eigenvalue weighted by Crippen LogP contribution is -2.34. The number of benzene rings is 1. The van der Waals surface area contributed by atoms with Crippen molar-refractivity contribution < 1.29 is 5.11 Å². The minimum absolute atomic E-state index is 0.164. The summed E-state index contributed by atoms with van der Waals surface area (Å²) >= 11 is 0. The Morgan fingerprint density at radius 1 is 1.29 bits per heavy atom. The van der Waals surface area contributed by atoms with Crippen molar-refractivity contribution in [2.24, 2.45) is 5.92 Å². The second kappa shape index (κ2) is 5.41. The highest BCUT2D eigenvalue weighted by molar-refractivity contribution is 5.53. The zero-order valence-electron chi connectivity index (χ0n) is 10.5. The van der Waals surface area contributed by atoms with Gasteiger partial charge in [0.2, 0.25) is 0 Å². The molecule has 1 aromatic carbocycles. The SMILES string of the molecule is CC(O)CC1CCN(c2ccc(N)cc2)CC1. The first kappa shape index (κ1) is 12.2. The molecule has 0 amide bonds. The molecular formula is C14H22N2O. The van der Waals surface area contributed by atoms with Crippen molar-refractivity contribution in [2.45, 2.75) is 32.3 Å². The Bertz CT molecular complexity index is 340. The van der Waals surface area contributed by atoms with Gasteiger partial charge in [-0.05, 0) is 56.4 Å². The summed E-state index contributed by atoms with van der Waals surface area (Å²) in [6, 6.07) is 8.09. The molecular weight excluding hydrogens is 212 g/mol. The van der Waals surface area contributed by atoms with Crippen LogP contribution < -0.4 is 10.6 Å². The molecule has 1 fully saturated rings. The van der Waals surface area contributed by atoms with E-state index >= 15 is 0 Å². The fourth-order valence-electron chi connectivity index (χ4n) is 2.59. The number of nitrogens with two attached hydrogens (primary N) is 1. The number of anilines is 2. The lowest BCUT2D eigenvalue weighted by atomic mass is 9.91. The average molecular weight is 234 g/mol. The topological polar surface area (TPSA) is 49.5 Å². The van der Waals surface area contributed by atoms with Crippen LogP contribution in [-0.2, 0) is 0 Å². The Morgan fingerprint density at radius 3 is 2.41 bits per heavy atom. The van der Waals surface area contributed by atoms with Gasteiger partial charge in [-0.2, -0.15) is 0 Å². The van der Waals surface area contributed by atoms with Crippen LogP contribution in [0.5, 0.6) is 0 Å². The van der Waals surface area contributed by atoms with E-state index in [0.717, 1.165) is 25.2 Å². The molecule has 1 heterocycles. The highest BCUT2D eigenvalue weighted by atomic mass is 16.3. The number of aliphatic hydroxyl groups is 1. The van der Waals surface area contributed by atoms with Crippen LogP contribution in [0.25, 0.3) is 0 Å². The van der Waals surface area contributed by atoms with Crippen molar-refractivity contribution in [3.63, 3.8) is 0 Å². The predicted octanol–water partition coefficient (Wildman–Crippen LogP) is 2.26. The molecule has 1 aliphatic heterocycles. The van der Waals surface area contributed by atoms with Crippen LogP contribution in [0.4, 0.5) is 11.4 Å². The van der Waals surface area contributed by atoms with Crippen molar-refractivity contribution in [3.8, 4) is 0 Å². The number of hydrogen-bond acceptors (Lipinski definition) is 3. The molecule has 0 bridgehead atoms. The molecule has 1 unspecified atom stereocenters. The Morgan fingerprint density at radius 2 is 1.88 bits per heavy atom. The summed E-state index contributed by atoms with van der Waals surface area (Å²) in [5, 5.41) is 9.39. The van der Waals surface area contributed by atoms with Crippen LogP contribution in [0.1, 0.15) is 26.2 Å². The first-order chi connectivity index (χ1) is 8.15. The minimum Gasteiger partial charge on any atom is -0.399 e. The van der Waals surface area contributed by atoms with E-state index in [9.17, 15) is 5.11 Å². The maximum absolute atomic E-state index is 9.39. The molecule has 0 aliphatic carbocycles. The van der Waals surface area contributed by atoms with Crippen LogP contribution in [0.2, 0.25) is 0 Å². The van der Waals surface area contributed by atoms with Gasteiger partial charge in [-0.25, -0.2) is 0 Å². The highest BCUT2D eigenvalue weighted by Gasteiger charge is 2.20. The zero-order chi connectivity index (χ0) is 12.3. The fourth-order valence-corrected chi connectivity index (χ4v) is 2.59. The number of nitrogen functional groups attached to an aromatic ring is 1. The quantitative estimate of drug-likeness (QED) is 0.789. The number of nitrogens with zero attached hydrogens (tertiary/aromatic N) is 1. The second-order valence-electron chi connectivity index (χ2n) is 5.11. The molecule has 1 aromatic rings. The van der Waals surface area contributed by atoms with Gasteiger partial charge in [0.25, 0.3) is 0 Å². The Hall–Kier alpha value is -1.22. The van der Waals surface area contributed by atoms with Gasteiger partial charge in [-0.1, -0.05) is 0 Å². The van der Waals surface area contributed by atoms with Gasteiger partial charge in [0.1, 0.15) is 0 Å². The summed E-state index contributed by atoms with van der Waals surface area (Å²) in [6.07, 6.45) is 3.13. The number of piperidine rings is 1. The summed E-state index contributed by atoms with van der Waals surface area (Å²) in [6.45, 7) is 4.05. The lowest BCUT2D eigenvalue weighted by molar-refractivity contribution is 0.152. The Balaban J connectivity index is 1.88. The van der Waals surface area contributed by atoms with Gasteiger partial charge in [0.15, 0.2) is 0 Å². The third-order valence-electron chi connectivity index (χ3n) is 3.55.